The van der Waals surface area contributed by atoms with Crippen LogP contribution in [0.5, 0.6) is 0 Å². The van der Waals surface area contributed by atoms with Crippen LogP contribution in [0, 0.1) is 0 Å². The first-order valence-electron chi connectivity index (χ1n) is 26.2. The Hall–Kier alpha value is -3.41. The number of hydrogen-bond donors (Lipinski definition) is 0. The topological polar surface area (TPSA) is 78.9 Å². The highest BCUT2D eigenvalue weighted by Gasteiger charge is 2.19. The summed E-state index contributed by atoms with van der Waals surface area (Å²) in [4.78, 5) is 38.0. The zero-order valence-corrected chi connectivity index (χ0v) is 41.1. The van der Waals surface area contributed by atoms with Crippen LogP contribution in [0.2, 0.25) is 0 Å². The van der Waals surface area contributed by atoms with E-state index in [9.17, 15) is 14.4 Å². The predicted molar refractivity (Wildman–Crippen MR) is 270 cm³/mol. The summed E-state index contributed by atoms with van der Waals surface area (Å²) in [5, 5.41) is 0. The van der Waals surface area contributed by atoms with E-state index >= 15 is 0 Å². The van der Waals surface area contributed by atoms with Crippen molar-refractivity contribution in [2.24, 2.45) is 0 Å². The molecule has 0 aromatic rings. The smallest absolute Gasteiger partial charge is 0.306 e. The molecular weight excluding hydrogens is 781 g/mol. The maximum atomic E-state index is 12.8. The number of unbranched alkanes of at least 4 members (excludes halogenated alkanes) is 25. The van der Waals surface area contributed by atoms with Crippen molar-refractivity contribution >= 4 is 17.9 Å². The van der Waals surface area contributed by atoms with Crippen LogP contribution < -0.4 is 0 Å². The third-order valence-corrected chi connectivity index (χ3v) is 11.0. The first-order chi connectivity index (χ1) is 31.0. The summed E-state index contributed by atoms with van der Waals surface area (Å²) in [5.74, 6) is -0.948. The quantitative estimate of drug-likeness (QED) is 0.0262. The Kier molecular flexibility index (Phi) is 48.5. The van der Waals surface area contributed by atoms with E-state index in [1.54, 1.807) is 0 Å². The molecule has 0 bridgehead atoms. The lowest BCUT2D eigenvalue weighted by atomic mass is 10.1. The lowest BCUT2D eigenvalue weighted by Gasteiger charge is -2.18. The third-order valence-electron chi connectivity index (χ3n) is 11.0. The van der Waals surface area contributed by atoms with Crippen LogP contribution in [0.4, 0.5) is 0 Å². The van der Waals surface area contributed by atoms with Gasteiger partial charge in [0, 0.05) is 19.3 Å². The lowest BCUT2D eigenvalue weighted by Crippen LogP contribution is -2.30. The number of carbonyl (C=O) groups is 3. The number of esters is 3. The van der Waals surface area contributed by atoms with Crippen LogP contribution >= 0.6 is 0 Å². The molecule has 0 heterocycles. The monoisotopic (exact) mass is 877 g/mol. The Bertz CT molecular complexity index is 1240. The van der Waals surface area contributed by atoms with Gasteiger partial charge in [0.1, 0.15) is 13.2 Å². The van der Waals surface area contributed by atoms with Crippen molar-refractivity contribution in [3.8, 4) is 0 Å². The molecule has 0 aliphatic carbocycles. The first kappa shape index (κ1) is 59.6. The highest BCUT2D eigenvalue weighted by atomic mass is 16.6. The highest BCUT2D eigenvalue weighted by molar-refractivity contribution is 5.71. The molecule has 6 heteroatoms. The Morgan fingerprint density at radius 2 is 0.587 bits per heavy atom. The maximum Gasteiger partial charge on any atom is 0.306 e. The van der Waals surface area contributed by atoms with Crippen molar-refractivity contribution in [2.75, 3.05) is 13.2 Å². The van der Waals surface area contributed by atoms with Crippen molar-refractivity contribution < 1.29 is 28.6 Å². The molecule has 0 saturated carbocycles. The summed E-state index contributed by atoms with van der Waals surface area (Å²) in [6, 6.07) is 0. The van der Waals surface area contributed by atoms with Gasteiger partial charge in [0.25, 0.3) is 0 Å². The summed E-state index contributed by atoms with van der Waals surface area (Å²) in [5.41, 5.74) is 0. The SMILES string of the molecule is CCCCC=CC=CC=CCCCCCCCC(=O)OCC(COC(=O)CCCCCCCC=CC=CCCCCCC)OC(=O)CCCCCCCC=CC=CCCCCCC. The summed E-state index contributed by atoms with van der Waals surface area (Å²) in [6.45, 7) is 6.50. The minimum atomic E-state index is -0.800. The molecule has 0 radical (unpaired) electrons. The van der Waals surface area contributed by atoms with Gasteiger partial charge in [-0.05, 0) is 89.9 Å². The minimum Gasteiger partial charge on any atom is -0.462 e. The van der Waals surface area contributed by atoms with Gasteiger partial charge in [-0.1, -0.05) is 215 Å². The van der Waals surface area contributed by atoms with Gasteiger partial charge in [-0.25, -0.2) is 0 Å². The molecule has 1 atom stereocenters. The van der Waals surface area contributed by atoms with Gasteiger partial charge in [0.15, 0.2) is 6.10 Å². The van der Waals surface area contributed by atoms with E-state index in [0.717, 1.165) is 128 Å². The number of ether oxygens (including phenoxy) is 3. The molecule has 0 saturated heterocycles. The maximum absolute atomic E-state index is 12.8. The second-order valence-electron chi connectivity index (χ2n) is 17.2. The Balaban J connectivity index is 4.49. The molecule has 0 fully saturated rings. The van der Waals surface area contributed by atoms with Crippen LogP contribution in [0.3, 0.4) is 0 Å². The van der Waals surface area contributed by atoms with Gasteiger partial charge < -0.3 is 14.2 Å². The van der Waals surface area contributed by atoms with Gasteiger partial charge in [-0.2, -0.15) is 0 Å². The van der Waals surface area contributed by atoms with Crippen molar-refractivity contribution in [1.29, 1.82) is 0 Å². The molecular formula is C57H96O6. The fourth-order valence-electron chi connectivity index (χ4n) is 6.94. The predicted octanol–water partition coefficient (Wildman–Crippen LogP) is 17.2. The molecule has 0 spiro atoms. The second-order valence-corrected chi connectivity index (χ2v) is 17.2. The third kappa shape index (κ3) is 49.5. The van der Waals surface area contributed by atoms with Crippen LogP contribution in [-0.2, 0) is 28.6 Å². The van der Waals surface area contributed by atoms with Crippen molar-refractivity contribution in [1.82, 2.24) is 0 Å². The fraction of sp³-hybridized carbons (Fsp3) is 0.702. The number of carbonyl (C=O) groups excluding carboxylic acids is 3. The zero-order valence-electron chi connectivity index (χ0n) is 41.1. The first-order valence-corrected chi connectivity index (χ1v) is 26.2. The van der Waals surface area contributed by atoms with E-state index in [1.807, 2.05) is 0 Å². The summed E-state index contributed by atoms with van der Waals surface area (Å²) >= 11 is 0. The van der Waals surface area contributed by atoms with Gasteiger partial charge in [-0.3, -0.25) is 14.4 Å². The largest absolute Gasteiger partial charge is 0.462 e. The van der Waals surface area contributed by atoms with Gasteiger partial charge in [0.05, 0.1) is 0 Å². The molecule has 0 aromatic carbocycles. The lowest BCUT2D eigenvalue weighted by molar-refractivity contribution is -0.167. The average Bonchev–Trinajstić information content (AvgIpc) is 3.28. The number of rotatable bonds is 46. The van der Waals surface area contributed by atoms with Crippen LogP contribution in [0.15, 0.2) is 85.1 Å². The van der Waals surface area contributed by atoms with Crippen LogP contribution in [0.1, 0.15) is 239 Å². The van der Waals surface area contributed by atoms with Crippen LogP contribution in [-0.4, -0.2) is 37.2 Å². The second kappa shape index (κ2) is 51.2. The summed E-state index contributed by atoms with van der Waals surface area (Å²) in [7, 11) is 0. The molecule has 0 rings (SSSR count). The molecule has 63 heavy (non-hydrogen) atoms. The van der Waals surface area contributed by atoms with Gasteiger partial charge >= 0.3 is 17.9 Å². The Morgan fingerprint density at radius 3 is 0.937 bits per heavy atom. The molecule has 1 unspecified atom stereocenters. The van der Waals surface area contributed by atoms with Crippen LogP contribution in [0.25, 0.3) is 0 Å². The minimum absolute atomic E-state index is 0.0984. The number of hydrogen-bond acceptors (Lipinski definition) is 6. The average molecular weight is 877 g/mol. The molecule has 0 amide bonds. The Morgan fingerprint density at radius 1 is 0.317 bits per heavy atom. The van der Waals surface area contributed by atoms with E-state index < -0.39 is 6.10 Å². The van der Waals surface area contributed by atoms with Gasteiger partial charge in [-0.15, -0.1) is 0 Å². The zero-order chi connectivity index (χ0) is 45.8. The van der Waals surface area contributed by atoms with E-state index in [4.69, 9.17) is 14.2 Å². The van der Waals surface area contributed by atoms with E-state index in [1.165, 1.54) is 70.6 Å². The van der Waals surface area contributed by atoms with Gasteiger partial charge in [0.2, 0.25) is 0 Å². The molecule has 0 aliphatic rings. The Labute approximate surface area is 388 Å². The fourth-order valence-corrected chi connectivity index (χ4v) is 6.94. The molecule has 0 aliphatic heterocycles. The van der Waals surface area contributed by atoms with E-state index in [2.05, 4.69) is 106 Å². The van der Waals surface area contributed by atoms with E-state index in [-0.39, 0.29) is 31.1 Å². The molecule has 0 N–H and O–H groups in total. The highest BCUT2D eigenvalue weighted by Crippen LogP contribution is 2.13. The summed E-state index contributed by atoms with van der Waals surface area (Å²) in [6.07, 6.45) is 65.5. The van der Waals surface area contributed by atoms with Crippen molar-refractivity contribution in [2.45, 2.75) is 245 Å². The van der Waals surface area contributed by atoms with E-state index in [0.29, 0.717) is 19.3 Å². The molecule has 0 aromatic heterocycles. The standard InChI is InChI=1S/C57H96O6/c1-4-7-10-13-16-19-22-25-28-31-34-37-40-43-46-49-55(58)61-52-54(63-57(60)51-48-45-42-39-36-33-30-27-24-21-18-15-12-9-6-3)53-62-56(59)50-47-44-41-38-35-32-29-26-23-20-17-14-11-8-5-2/h13,16,19-30,54H,4-12,14-15,17-18,31-53H2,1-3H3. The number of allylic oxidation sites excluding steroid dienone is 14. The summed E-state index contributed by atoms with van der Waals surface area (Å²) < 4.78 is 16.8. The van der Waals surface area contributed by atoms with Crippen molar-refractivity contribution in [3.63, 3.8) is 0 Å². The molecule has 360 valence electrons. The van der Waals surface area contributed by atoms with Crippen molar-refractivity contribution in [3.05, 3.63) is 85.1 Å². The molecule has 6 nitrogen and oxygen atoms in total. The normalized spacial score (nSPS) is 12.7.